The predicted molar refractivity (Wildman–Crippen MR) is 91.8 cm³/mol. The molecule has 1 aliphatic heterocycles. The molecule has 1 N–H and O–H groups in total. The second-order valence-corrected chi connectivity index (χ2v) is 6.17. The van der Waals surface area contributed by atoms with Crippen LogP contribution in [0.15, 0.2) is 30.3 Å². The number of hydrogen-bond acceptors (Lipinski definition) is 5. The number of nitriles is 1. The fraction of sp³-hybridized carbons (Fsp3) is 0.389. The third kappa shape index (κ3) is 3.78. The van der Waals surface area contributed by atoms with Crippen molar-refractivity contribution in [2.45, 2.75) is 26.7 Å². The lowest BCUT2D eigenvalue weighted by molar-refractivity contribution is 0.436. The van der Waals surface area contributed by atoms with Gasteiger partial charge in [-0.05, 0) is 49.9 Å². The average Bonchev–Trinajstić information content (AvgIpc) is 2.56. The quantitative estimate of drug-likeness (QED) is 0.938. The normalized spacial score (nSPS) is 15.3. The summed E-state index contributed by atoms with van der Waals surface area (Å²) in [5.41, 5.74) is 2.47. The second-order valence-electron chi connectivity index (χ2n) is 6.17. The highest BCUT2D eigenvalue weighted by Gasteiger charge is 2.18. The molecule has 5 heteroatoms. The molecule has 1 saturated heterocycles. The van der Waals surface area contributed by atoms with E-state index in [1.807, 2.05) is 25.1 Å². The Balaban J connectivity index is 1.78. The molecule has 1 fully saturated rings. The summed E-state index contributed by atoms with van der Waals surface area (Å²) < 4.78 is 0. The van der Waals surface area contributed by atoms with E-state index >= 15 is 0 Å². The van der Waals surface area contributed by atoms with Gasteiger partial charge in [0.1, 0.15) is 5.82 Å². The third-order valence-corrected chi connectivity index (χ3v) is 4.22. The van der Waals surface area contributed by atoms with Crippen LogP contribution in [0.2, 0.25) is 0 Å². The smallest absolute Gasteiger partial charge is 0.229 e. The van der Waals surface area contributed by atoms with E-state index in [2.05, 4.69) is 33.2 Å². The summed E-state index contributed by atoms with van der Waals surface area (Å²) in [5.74, 6) is 2.38. The number of benzene rings is 1. The van der Waals surface area contributed by atoms with Gasteiger partial charge < -0.3 is 10.2 Å². The van der Waals surface area contributed by atoms with Gasteiger partial charge in [0.25, 0.3) is 0 Å². The lowest BCUT2D eigenvalue weighted by atomic mass is 9.99. The molecule has 1 aromatic heterocycles. The van der Waals surface area contributed by atoms with Crippen LogP contribution in [0, 0.1) is 24.2 Å². The van der Waals surface area contributed by atoms with Crippen LogP contribution in [0.3, 0.4) is 0 Å². The van der Waals surface area contributed by atoms with Gasteiger partial charge >= 0.3 is 0 Å². The molecule has 0 saturated carbocycles. The van der Waals surface area contributed by atoms with Crippen LogP contribution < -0.4 is 10.2 Å². The third-order valence-electron chi connectivity index (χ3n) is 4.22. The van der Waals surface area contributed by atoms with E-state index in [1.54, 1.807) is 12.1 Å². The maximum absolute atomic E-state index is 8.85. The molecule has 1 aliphatic rings. The van der Waals surface area contributed by atoms with Crippen molar-refractivity contribution in [3.05, 3.63) is 41.6 Å². The van der Waals surface area contributed by atoms with Crippen molar-refractivity contribution >= 4 is 17.5 Å². The molecule has 2 heterocycles. The van der Waals surface area contributed by atoms with Gasteiger partial charge in [-0.1, -0.05) is 6.92 Å². The highest BCUT2D eigenvalue weighted by Crippen LogP contribution is 2.23. The van der Waals surface area contributed by atoms with E-state index in [0.29, 0.717) is 11.5 Å². The van der Waals surface area contributed by atoms with Crippen LogP contribution >= 0.6 is 0 Å². The molecule has 118 valence electrons. The largest absolute Gasteiger partial charge is 0.356 e. The van der Waals surface area contributed by atoms with Crippen molar-refractivity contribution in [1.29, 1.82) is 5.26 Å². The summed E-state index contributed by atoms with van der Waals surface area (Å²) in [6.07, 6.45) is 2.42. The SMILES string of the molecule is Cc1cc(N2CCC(C)CC2)nc(Nc2ccc(C#N)cc2)n1. The van der Waals surface area contributed by atoms with E-state index in [1.165, 1.54) is 12.8 Å². The van der Waals surface area contributed by atoms with Gasteiger partial charge in [0.05, 0.1) is 11.6 Å². The van der Waals surface area contributed by atoms with Crippen LogP contribution in [-0.4, -0.2) is 23.1 Å². The first-order valence-corrected chi connectivity index (χ1v) is 8.02. The average molecular weight is 307 g/mol. The Labute approximate surface area is 137 Å². The minimum atomic E-state index is 0.600. The molecule has 2 aromatic rings. The van der Waals surface area contributed by atoms with Crippen molar-refractivity contribution in [3.8, 4) is 6.07 Å². The molecule has 0 unspecified atom stereocenters. The molecule has 0 bridgehead atoms. The van der Waals surface area contributed by atoms with E-state index in [4.69, 9.17) is 5.26 Å². The lowest BCUT2D eigenvalue weighted by Crippen LogP contribution is -2.33. The van der Waals surface area contributed by atoms with Gasteiger partial charge in [-0.25, -0.2) is 4.98 Å². The van der Waals surface area contributed by atoms with E-state index in [0.717, 1.165) is 36.2 Å². The Morgan fingerprint density at radius 1 is 1.17 bits per heavy atom. The number of nitrogens with one attached hydrogen (secondary N) is 1. The monoisotopic (exact) mass is 307 g/mol. The highest BCUT2D eigenvalue weighted by molar-refractivity contribution is 5.57. The number of hydrogen-bond donors (Lipinski definition) is 1. The molecule has 5 nitrogen and oxygen atoms in total. The topological polar surface area (TPSA) is 64.8 Å². The Hall–Kier alpha value is -2.61. The molecule has 1 aromatic carbocycles. The molecule has 0 spiro atoms. The Bertz CT molecular complexity index is 709. The van der Waals surface area contributed by atoms with E-state index in [9.17, 15) is 0 Å². The van der Waals surface area contributed by atoms with Gasteiger partial charge in [-0.2, -0.15) is 10.2 Å². The molecule has 0 amide bonds. The maximum atomic E-state index is 8.85. The Morgan fingerprint density at radius 3 is 2.52 bits per heavy atom. The van der Waals surface area contributed by atoms with E-state index in [-0.39, 0.29) is 0 Å². The molecule has 0 radical (unpaired) electrons. The minimum absolute atomic E-state index is 0.600. The molecular formula is C18H21N5. The van der Waals surface area contributed by atoms with Crippen LogP contribution in [0.4, 0.5) is 17.5 Å². The van der Waals surface area contributed by atoms with Crippen molar-refractivity contribution in [2.24, 2.45) is 5.92 Å². The van der Waals surface area contributed by atoms with Gasteiger partial charge in [0.15, 0.2) is 0 Å². The predicted octanol–water partition coefficient (Wildman–Crippen LogP) is 3.64. The van der Waals surface area contributed by atoms with Crippen molar-refractivity contribution in [3.63, 3.8) is 0 Å². The summed E-state index contributed by atoms with van der Waals surface area (Å²) >= 11 is 0. The van der Waals surface area contributed by atoms with Crippen molar-refractivity contribution < 1.29 is 0 Å². The molecular weight excluding hydrogens is 286 g/mol. The first-order valence-electron chi connectivity index (χ1n) is 8.02. The zero-order chi connectivity index (χ0) is 16.2. The minimum Gasteiger partial charge on any atom is -0.356 e. The number of aromatic nitrogens is 2. The van der Waals surface area contributed by atoms with Crippen molar-refractivity contribution in [2.75, 3.05) is 23.3 Å². The number of anilines is 3. The fourth-order valence-electron chi connectivity index (χ4n) is 2.76. The van der Waals surface area contributed by atoms with E-state index < -0.39 is 0 Å². The zero-order valence-electron chi connectivity index (χ0n) is 13.6. The Morgan fingerprint density at radius 2 is 1.87 bits per heavy atom. The number of rotatable bonds is 3. The molecule has 0 atom stereocenters. The van der Waals surface area contributed by atoms with Crippen molar-refractivity contribution in [1.82, 2.24) is 9.97 Å². The van der Waals surface area contributed by atoms with Crippen LogP contribution in [-0.2, 0) is 0 Å². The van der Waals surface area contributed by atoms with Gasteiger partial charge in [0.2, 0.25) is 5.95 Å². The number of piperidine rings is 1. The van der Waals surface area contributed by atoms with Gasteiger partial charge in [-0.15, -0.1) is 0 Å². The summed E-state index contributed by atoms with van der Waals surface area (Å²) in [5, 5.41) is 12.1. The van der Waals surface area contributed by atoms with Crippen LogP contribution in [0.5, 0.6) is 0 Å². The second kappa shape index (κ2) is 6.66. The summed E-state index contributed by atoms with van der Waals surface area (Å²) in [6.45, 7) is 6.39. The maximum Gasteiger partial charge on any atom is 0.229 e. The number of nitrogens with zero attached hydrogens (tertiary/aromatic N) is 4. The summed E-state index contributed by atoms with van der Waals surface area (Å²) in [4.78, 5) is 11.5. The fourth-order valence-corrected chi connectivity index (χ4v) is 2.76. The molecule has 3 rings (SSSR count). The highest BCUT2D eigenvalue weighted by atomic mass is 15.2. The first-order chi connectivity index (χ1) is 11.1. The van der Waals surface area contributed by atoms with Crippen LogP contribution in [0.1, 0.15) is 31.0 Å². The van der Waals surface area contributed by atoms with Gasteiger partial charge in [-0.3, -0.25) is 0 Å². The van der Waals surface area contributed by atoms with Gasteiger partial charge in [0, 0.05) is 30.5 Å². The first kappa shape index (κ1) is 15.3. The lowest BCUT2D eigenvalue weighted by Gasteiger charge is -2.31. The molecule has 0 aliphatic carbocycles. The zero-order valence-corrected chi connectivity index (χ0v) is 13.6. The van der Waals surface area contributed by atoms with Crippen LogP contribution in [0.25, 0.3) is 0 Å². The Kier molecular flexibility index (Phi) is 4.42. The number of aryl methyl sites for hydroxylation is 1. The standard InChI is InChI=1S/C18H21N5/c1-13-7-9-23(10-8-13)17-11-14(2)20-18(22-17)21-16-5-3-15(12-19)4-6-16/h3-6,11,13H,7-10H2,1-2H3,(H,20,21,22). The summed E-state index contributed by atoms with van der Waals surface area (Å²) in [7, 11) is 0. The molecule has 23 heavy (non-hydrogen) atoms. The summed E-state index contributed by atoms with van der Waals surface area (Å²) in [6, 6.07) is 11.5.